The van der Waals surface area contributed by atoms with E-state index in [4.69, 9.17) is 8.60 Å². The van der Waals surface area contributed by atoms with Crippen LogP contribution < -0.4 is 4.18 Å². The second-order valence-corrected chi connectivity index (χ2v) is 6.40. The average Bonchev–Trinajstić information content (AvgIpc) is 2.79. The van der Waals surface area contributed by atoms with Crippen LogP contribution in [0.2, 0.25) is 0 Å². The maximum atomic E-state index is 12.3. The number of carbonyl (C=O) groups is 1. The van der Waals surface area contributed by atoms with Crippen LogP contribution in [-0.4, -0.2) is 21.5 Å². The van der Waals surface area contributed by atoms with Crippen molar-refractivity contribution >= 4 is 16.1 Å². The molecule has 1 heterocycles. The lowest BCUT2D eigenvalue weighted by Crippen LogP contribution is -2.10. The van der Waals surface area contributed by atoms with Gasteiger partial charge in [-0.1, -0.05) is 6.07 Å². The fourth-order valence-electron chi connectivity index (χ4n) is 2.07. The molecule has 0 saturated carbocycles. The number of carbonyl (C=O) groups excluding carboxylic acids is 1. The highest BCUT2D eigenvalue weighted by molar-refractivity contribution is 7.87. The van der Waals surface area contributed by atoms with Gasteiger partial charge in [-0.25, -0.2) is 4.79 Å². The van der Waals surface area contributed by atoms with Gasteiger partial charge in [0.2, 0.25) is 5.76 Å². The molecule has 118 valence electrons. The number of furan rings is 1. The molecular weight excluding hydrogens is 308 g/mol. The first-order valence-electron chi connectivity index (χ1n) is 6.44. The van der Waals surface area contributed by atoms with Gasteiger partial charge in [-0.15, -0.1) is 0 Å². The van der Waals surface area contributed by atoms with Crippen LogP contribution in [0, 0.1) is 20.8 Å². The minimum absolute atomic E-state index is 0.0600. The molecule has 2 aromatic rings. The Kier molecular flexibility index (Phi) is 4.27. The summed E-state index contributed by atoms with van der Waals surface area (Å²) in [5.74, 6) is -0.680. The zero-order valence-corrected chi connectivity index (χ0v) is 13.5. The minimum atomic E-state index is -4.10. The lowest BCUT2D eigenvalue weighted by molar-refractivity contribution is 0.0563. The van der Waals surface area contributed by atoms with E-state index in [0.29, 0.717) is 0 Å². The number of esters is 1. The number of hydrogen-bond acceptors (Lipinski definition) is 6. The second-order valence-electron chi connectivity index (χ2n) is 4.88. The molecule has 0 spiro atoms. The Hall–Kier alpha value is -2.28. The summed E-state index contributed by atoms with van der Waals surface area (Å²) in [6.07, 6.45) is 0. The first-order chi connectivity index (χ1) is 10.2. The summed E-state index contributed by atoms with van der Waals surface area (Å²) in [6, 6.07) is 6.22. The van der Waals surface area contributed by atoms with Crippen molar-refractivity contribution in [2.75, 3.05) is 7.11 Å². The molecule has 0 atom stereocenters. The highest BCUT2D eigenvalue weighted by Crippen LogP contribution is 2.25. The van der Waals surface area contributed by atoms with Crippen molar-refractivity contribution in [1.82, 2.24) is 0 Å². The quantitative estimate of drug-likeness (QED) is 0.635. The largest absolute Gasteiger partial charge is 0.463 e. The predicted octanol–water partition coefficient (Wildman–Crippen LogP) is 2.76. The Morgan fingerprint density at radius 3 is 2.18 bits per heavy atom. The Morgan fingerprint density at radius 2 is 1.64 bits per heavy atom. The Morgan fingerprint density at radius 1 is 1.05 bits per heavy atom. The third-order valence-electron chi connectivity index (χ3n) is 2.93. The van der Waals surface area contributed by atoms with Crippen LogP contribution in [-0.2, 0) is 14.9 Å². The molecule has 0 radical (unpaired) electrons. The van der Waals surface area contributed by atoms with Crippen molar-refractivity contribution < 1.29 is 26.5 Å². The molecule has 7 heteroatoms. The van der Waals surface area contributed by atoms with Crippen molar-refractivity contribution in [3.8, 4) is 5.75 Å². The van der Waals surface area contributed by atoms with Gasteiger partial charge in [-0.3, -0.25) is 0 Å². The molecule has 0 amide bonds. The maximum absolute atomic E-state index is 12.3. The maximum Gasteiger partial charge on any atom is 0.373 e. The fourth-order valence-corrected chi connectivity index (χ4v) is 3.15. The first-order valence-corrected chi connectivity index (χ1v) is 7.85. The summed E-state index contributed by atoms with van der Waals surface area (Å²) in [5, 5.41) is 0. The van der Waals surface area contributed by atoms with Crippen LogP contribution in [0.4, 0.5) is 0 Å². The first kappa shape index (κ1) is 16.1. The highest BCUT2D eigenvalue weighted by Gasteiger charge is 2.26. The lowest BCUT2D eigenvalue weighted by Gasteiger charge is -2.07. The monoisotopic (exact) mass is 324 g/mol. The van der Waals surface area contributed by atoms with Gasteiger partial charge in [-0.05, 0) is 44.0 Å². The van der Waals surface area contributed by atoms with Gasteiger partial charge in [0.1, 0.15) is 16.4 Å². The molecule has 0 aliphatic heterocycles. The van der Waals surface area contributed by atoms with Crippen molar-refractivity contribution in [2.45, 2.75) is 25.7 Å². The summed E-state index contributed by atoms with van der Waals surface area (Å²) in [6.45, 7) is 5.11. The van der Waals surface area contributed by atoms with Crippen molar-refractivity contribution in [2.24, 2.45) is 0 Å². The molecule has 0 aliphatic rings. The van der Waals surface area contributed by atoms with Gasteiger partial charge in [-0.2, -0.15) is 8.42 Å². The van der Waals surface area contributed by atoms with E-state index in [1.165, 1.54) is 14.0 Å². The summed E-state index contributed by atoms with van der Waals surface area (Å²) < 4.78 is 39.4. The minimum Gasteiger partial charge on any atom is -0.463 e. The molecule has 2 rings (SSSR count). The number of ether oxygens (including phenoxy) is 1. The van der Waals surface area contributed by atoms with Gasteiger partial charge in [0, 0.05) is 6.07 Å². The number of methoxy groups -OCH3 is 1. The van der Waals surface area contributed by atoms with E-state index in [-0.39, 0.29) is 22.2 Å². The Balaban J connectivity index is 2.38. The highest BCUT2D eigenvalue weighted by atomic mass is 32.2. The molecule has 0 saturated heterocycles. The van der Waals surface area contributed by atoms with E-state index in [2.05, 4.69) is 4.74 Å². The van der Waals surface area contributed by atoms with Gasteiger partial charge in [0.25, 0.3) is 0 Å². The van der Waals surface area contributed by atoms with Gasteiger partial charge in [0.15, 0.2) is 0 Å². The number of benzene rings is 1. The zero-order chi connectivity index (χ0) is 16.5. The van der Waals surface area contributed by atoms with Crippen molar-refractivity contribution in [3.05, 3.63) is 46.9 Å². The average molecular weight is 324 g/mol. The zero-order valence-electron chi connectivity index (χ0n) is 12.7. The van der Waals surface area contributed by atoms with Crippen LogP contribution in [0.3, 0.4) is 0 Å². The third-order valence-corrected chi connectivity index (χ3v) is 4.29. The topological polar surface area (TPSA) is 82.8 Å². The summed E-state index contributed by atoms with van der Waals surface area (Å²) in [4.78, 5) is 11.2. The van der Waals surface area contributed by atoms with Crippen LogP contribution >= 0.6 is 0 Å². The third kappa shape index (κ3) is 3.30. The van der Waals surface area contributed by atoms with E-state index in [1.54, 1.807) is 12.1 Å². The predicted molar refractivity (Wildman–Crippen MR) is 78.5 cm³/mol. The Bertz CT molecular complexity index is 796. The van der Waals surface area contributed by atoms with E-state index in [1.807, 2.05) is 19.9 Å². The standard InChI is InChI=1S/C15H16O6S/c1-9-5-10(2)7-12(6-9)21-22(17,18)14-8-13(15(16)19-4)20-11(14)3/h5-8H,1-4H3. The van der Waals surface area contributed by atoms with Crippen LogP contribution in [0.15, 0.2) is 33.6 Å². The van der Waals surface area contributed by atoms with Crippen LogP contribution in [0.25, 0.3) is 0 Å². The van der Waals surface area contributed by atoms with E-state index < -0.39 is 16.1 Å². The van der Waals surface area contributed by atoms with Crippen LogP contribution in [0.1, 0.15) is 27.4 Å². The molecular formula is C15H16O6S. The summed E-state index contributed by atoms with van der Waals surface area (Å²) >= 11 is 0. The number of hydrogen-bond donors (Lipinski definition) is 0. The lowest BCUT2D eigenvalue weighted by atomic mass is 10.1. The van der Waals surface area contributed by atoms with E-state index in [0.717, 1.165) is 17.2 Å². The van der Waals surface area contributed by atoms with Crippen LogP contribution in [0.5, 0.6) is 5.75 Å². The second kappa shape index (κ2) is 5.84. The van der Waals surface area contributed by atoms with Gasteiger partial charge < -0.3 is 13.3 Å². The molecule has 0 aliphatic carbocycles. The fraction of sp³-hybridized carbons (Fsp3) is 0.267. The Labute approximate surface area is 128 Å². The SMILES string of the molecule is COC(=O)c1cc(S(=O)(=O)Oc2cc(C)cc(C)c2)c(C)o1. The molecule has 0 unspecified atom stereocenters. The molecule has 22 heavy (non-hydrogen) atoms. The van der Waals surface area contributed by atoms with E-state index in [9.17, 15) is 13.2 Å². The van der Waals surface area contributed by atoms with Crippen molar-refractivity contribution in [3.63, 3.8) is 0 Å². The number of rotatable bonds is 4. The molecule has 0 fully saturated rings. The molecule has 6 nitrogen and oxygen atoms in total. The van der Waals surface area contributed by atoms with Gasteiger partial charge in [0.05, 0.1) is 7.11 Å². The molecule has 0 bridgehead atoms. The number of aryl methyl sites for hydroxylation is 3. The summed E-state index contributed by atoms with van der Waals surface area (Å²) in [5.41, 5.74) is 1.76. The summed E-state index contributed by atoms with van der Waals surface area (Å²) in [7, 11) is -2.92. The van der Waals surface area contributed by atoms with E-state index >= 15 is 0 Å². The van der Waals surface area contributed by atoms with Gasteiger partial charge >= 0.3 is 16.1 Å². The smallest absolute Gasteiger partial charge is 0.373 e. The molecule has 0 N–H and O–H groups in total. The molecule has 1 aromatic heterocycles. The molecule has 1 aromatic carbocycles. The van der Waals surface area contributed by atoms with Crippen molar-refractivity contribution in [1.29, 1.82) is 0 Å². The normalized spacial score (nSPS) is 11.3.